The average molecular weight is 395 g/mol. The van der Waals surface area contributed by atoms with E-state index in [1.54, 1.807) is 6.20 Å². The third-order valence-corrected chi connectivity index (χ3v) is 5.22. The number of halogens is 2. The molecule has 0 aliphatic carbocycles. The molecule has 1 fully saturated rings. The number of allylic oxidation sites excluding steroid dienone is 1. The van der Waals surface area contributed by atoms with E-state index < -0.39 is 12.7 Å². The van der Waals surface area contributed by atoms with E-state index in [4.69, 9.17) is 9.84 Å². The van der Waals surface area contributed by atoms with Gasteiger partial charge in [-0.05, 0) is 6.42 Å². The van der Waals surface area contributed by atoms with E-state index in [9.17, 15) is 13.6 Å². The van der Waals surface area contributed by atoms with Crippen LogP contribution in [-0.4, -0.2) is 56.5 Å². The van der Waals surface area contributed by atoms with Crippen molar-refractivity contribution in [1.29, 1.82) is 0 Å². The molecule has 0 radical (unpaired) electrons. The Kier molecular flexibility index (Phi) is 4.60. The van der Waals surface area contributed by atoms with E-state index in [-0.39, 0.29) is 12.5 Å². The van der Waals surface area contributed by atoms with Gasteiger partial charge in [0, 0.05) is 47.1 Å². The number of ether oxygens (including phenoxy) is 1. The molecule has 27 heavy (non-hydrogen) atoms. The minimum atomic E-state index is -2.71. The lowest BCUT2D eigenvalue weighted by atomic mass is 10.0. The minimum Gasteiger partial charge on any atom is -0.450 e. The van der Waals surface area contributed by atoms with Gasteiger partial charge in [0.05, 0.1) is 19.3 Å². The molecule has 142 valence electrons. The normalized spacial score (nSPS) is 19.4. The molecule has 1 N–H and O–H groups in total. The predicted octanol–water partition coefficient (Wildman–Crippen LogP) is 2.92. The van der Waals surface area contributed by atoms with Gasteiger partial charge < -0.3 is 14.7 Å². The lowest BCUT2D eigenvalue weighted by molar-refractivity contribution is 0.0565. The highest BCUT2D eigenvalue weighted by Crippen LogP contribution is 2.37. The summed E-state index contributed by atoms with van der Waals surface area (Å²) in [4.78, 5) is 21.6. The van der Waals surface area contributed by atoms with Gasteiger partial charge in [-0.15, -0.1) is 11.3 Å². The molecule has 0 spiro atoms. The maximum absolute atomic E-state index is 12.9. The van der Waals surface area contributed by atoms with Crippen LogP contribution in [0.3, 0.4) is 0 Å². The van der Waals surface area contributed by atoms with Gasteiger partial charge >= 0.3 is 12.7 Å². The predicted molar refractivity (Wildman–Crippen MR) is 92.7 cm³/mol. The fraction of sp³-hybridized carbons (Fsp3) is 0.375. The minimum absolute atomic E-state index is 0.0560. The quantitative estimate of drug-likeness (QED) is 0.783. The molecule has 8 nitrogen and oxygen atoms in total. The van der Waals surface area contributed by atoms with Crippen LogP contribution in [-0.2, 0) is 4.74 Å². The lowest BCUT2D eigenvalue weighted by Crippen LogP contribution is -2.32. The summed E-state index contributed by atoms with van der Waals surface area (Å²) < 4.78 is 31.1. The molecular formula is C16H15F2N5O3S. The van der Waals surface area contributed by atoms with Crippen LogP contribution in [0.1, 0.15) is 23.5 Å². The zero-order valence-corrected chi connectivity index (χ0v) is 14.8. The van der Waals surface area contributed by atoms with Crippen molar-refractivity contribution >= 4 is 28.9 Å². The van der Waals surface area contributed by atoms with E-state index in [0.29, 0.717) is 35.6 Å². The third-order valence-electron chi connectivity index (χ3n) is 4.46. The van der Waals surface area contributed by atoms with Crippen molar-refractivity contribution in [3.8, 4) is 0 Å². The maximum Gasteiger partial charge on any atom is 0.505 e. The van der Waals surface area contributed by atoms with Gasteiger partial charge in [0.1, 0.15) is 0 Å². The van der Waals surface area contributed by atoms with Gasteiger partial charge in [-0.3, -0.25) is 4.99 Å². The summed E-state index contributed by atoms with van der Waals surface area (Å²) in [7, 11) is 0. The van der Waals surface area contributed by atoms with Crippen LogP contribution in [0.5, 0.6) is 0 Å². The molecule has 0 amide bonds. The van der Waals surface area contributed by atoms with Gasteiger partial charge in [0.25, 0.3) is 0 Å². The summed E-state index contributed by atoms with van der Waals surface area (Å²) in [5.41, 5.74) is 2.31. The van der Waals surface area contributed by atoms with Crippen molar-refractivity contribution in [3.05, 3.63) is 40.2 Å². The van der Waals surface area contributed by atoms with Crippen LogP contribution in [0.2, 0.25) is 0 Å². The van der Waals surface area contributed by atoms with Gasteiger partial charge in [-0.1, -0.05) is 0 Å². The van der Waals surface area contributed by atoms with Gasteiger partial charge in [0.2, 0.25) is 0 Å². The first-order valence-corrected chi connectivity index (χ1v) is 9.03. The summed E-state index contributed by atoms with van der Waals surface area (Å²) >= 11 is 1.46. The highest BCUT2D eigenvalue weighted by atomic mass is 32.1. The Hall–Kier alpha value is -2.82. The Morgan fingerprint density at radius 2 is 2.33 bits per heavy atom. The molecule has 1 saturated heterocycles. The maximum atomic E-state index is 12.9. The number of rotatable bonds is 5. The number of aromatic nitrogens is 3. The first-order chi connectivity index (χ1) is 13.0. The van der Waals surface area contributed by atoms with Crippen LogP contribution in [0.25, 0.3) is 5.57 Å². The number of aliphatic imine (C=N–C) groups is 1. The molecule has 1 atom stereocenters. The smallest absolute Gasteiger partial charge is 0.450 e. The fourth-order valence-electron chi connectivity index (χ4n) is 3.32. The van der Waals surface area contributed by atoms with Crippen LogP contribution >= 0.6 is 11.3 Å². The van der Waals surface area contributed by atoms with Crippen LogP contribution in [0.4, 0.5) is 13.6 Å². The van der Waals surface area contributed by atoms with Crippen LogP contribution in [0.15, 0.2) is 34.7 Å². The Bertz CT molecular complexity index is 909. The van der Waals surface area contributed by atoms with Crippen molar-refractivity contribution in [1.82, 2.24) is 19.7 Å². The van der Waals surface area contributed by atoms with E-state index in [1.807, 2.05) is 10.3 Å². The summed E-state index contributed by atoms with van der Waals surface area (Å²) in [6.45, 7) is -1.81. The molecule has 2 aromatic rings. The van der Waals surface area contributed by atoms with E-state index in [0.717, 1.165) is 16.3 Å². The number of carbonyl (C=O) groups is 1. The Labute approximate surface area is 156 Å². The number of thiazole rings is 1. The monoisotopic (exact) mass is 395 g/mol. The molecule has 4 heterocycles. The zero-order valence-electron chi connectivity index (χ0n) is 14.0. The molecule has 0 saturated carbocycles. The molecule has 1 unspecified atom stereocenters. The van der Waals surface area contributed by atoms with E-state index in [2.05, 4.69) is 15.1 Å². The first kappa shape index (κ1) is 17.6. The Balaban J connectivity index is 1.67. The number of nitrogens with zero attached hydrogens (tertiary/aromatic N) is 5. The van der Waals surface area contributed by atoms with Crippen molar-refractivity contribution < 1.29 is 23.4 Å². The molecule has 2 aliphatic rings. The second kappa shape index (κ2) is 7.06. The largest absolute Gasteiger partial charge is 0.505 e. The second-order valence-electron chi connectivity index (χ2n) is 6.15. The summed E-state index contributed by atoms with van der Waals surface area (Å²) in [5, 5.41) is 15.1. The van der Waals surface area contributed by atoms with Crippen molar-refractivity contribution in [3.63, 3.8) is 0 Å². The molecule has 2 aromatic heterocycles. The first-order valence-electron chi connectivity index (χ1n) is 8.15. The second-order valence-corrected chi connectivity index (χ2v) is 7.04. The summed E-state index contributed by atoms with van der Waals surface area (Å²) in [5.74, 6) is 0.655. The molecule has 0 aromatic carbocycles. The summed E-state index contributed by atoms with van der Waals surface area (Å²) in [6, 6.07) is 0. The molecule has 4 rings (SSSR count). The van der Waals surface area contributed by atoms with E-state index >= 15 is 0 Å². The van der Waals surface area contributed by atoms with Crippen molar-refractivity contribution in [2.45, 2.75) is 13.0 Å². The highest BCUT2D eigenvalue weighted by Gasteiger charge is 2.36. The summed E-state index contributed by atoms with van der Waals surface area (Å²) in [6.07, 6.45) is 3.64. The SMILES string of the molecule is O=C(O)OCC1CC2=C(c3cnn(C(F)F)c3)CN=C(c3nccs3)N2C1. The van der Waals surface area contributed by atoms with Crippen LogP contribution in [0, 0.1) is 5.92 Å². The molecule has 0 bridgehead atoms. The van der Waals surface area contributed by atoms with Crippen LogP contribution < -0.4 is 0 Å². The number of hydrogen-bond acceptors (Lipinski definition) is 7. The van der Waals surface area contributed by atoms with Gasteiger partial charge in [0.15, 0.2) is 10.8 Å². The average Bonchev–Trinajstić information content (AvgIpc) is 3.38. The number of amidine groups is 1. The Morgan fingerprint density at radius 3 is 3.00 bits per heavy atom. The Morgan fingerprint density at radius 1 is 1.48 bits per heavy atom. The molecular weight excluding hydrogens is 380 g/mol. The number of alkyl halides is 2. The highest BCUT2D eigenvalue weighted by molar-refractivity contribution is 7.11. The number of hydrogen-bond donors (Lipinski definition) is 1. The zero-order chi connectivity index (χ0) is 19.0. The fourth-order valence-corrected chi connectivity index (χ4v) is 3.98. The molecule has 11 heteroatoms. The lowest BCUT2D eigenvalue weighted by Gasteiger charge is -2.27. The van der Waals surface area contributed by atoms with Gasteiger partial charge in [-0.2, -0.15) is 13.9 Å². The van der Waals surface area contributed by atoms with Gasteiger partial charge in [-0.25, -0.2) is 14.5 Å². The number of carboxylic acid groups (broad SMARTS) is 1. The third kappa shape index (κ3) is 3.42. The van der Waals surface area contributed by atoms with E-state index in [1.165, 1.54) is 23.7 Å². The van der Waals surface area contributed by atoms with Crippen molar-refractivity contribution in [2.24, 2.45) is 10.9 Å². The molecule has 2 aliphatic heterocycles. The standard InChI is InChI=1S/C16H15F2N5O3S/c17-15(18)23-7-10(4-21-23)11-5-20-13(14-19-1-2-27-14)22-6-9(3-12(11)22)8-26-16(24)25/h1-2,4,7,9,15H,3,5-6,8H2,(H,24,25). The number of fused-ring (bicyclic) bond motifs is 1. The van der Waals surface area contributed by atoms with Crippen molar-refractivity contribution in [2.75, 3.05) is 19.7 Å². The topological polar surface area (TPSA) is 92.8 Å².